The lowest BCUT2D eigenvalue weighted by molar-refractivity contribution is -0.131. The van der Waals surface area contributed by atoms with Gasteiger partial charge < -0.3 is 21.3 Å². The second kappa shape index (κ2) is 11.2. The van der Waals surface area contributed by atoms with Crippen LogP contribution in [0.4, 0.5) is 26.0 Å². The first-order valence-electron chi connectivity index (χ1n) is 12.0. The summed E-state index contributed by atoms with van der Waals surface area (Å²) in [6, 6.07) is 13.3. The fourth-order valence-corrected chi connectivity index (χ4v) is 4.39. The van der Waals surface area contributed by atoms with E-state index in [0.29, 0.717) is 29.4 Å². The molecule has 188 valence electrons. The average Bonchev–Trinajstić information content (AvgIpc) is 2.89. The first kappa shape index (κ1) is 25.1. The number of carbonyl (C=O) groups excluding carboxylic acids is 2. The number of likely N-dealkylation sites (tertiary alicyclic amines) is 1. The number of halogens is 2. The Kier molecular flexibility index (Phi) is 7.77. The normalized spacial score (nSPS) is 13.9. The van der Waals surface area contributed by atoms with E-state index in [1.807, 2.05) is 24.0 Å². The van der Waals surface area contributed by atoms with Crippen LogP contribution in [0.5, 0.6) is 0 Å². The molecule has 9 heteroatoms. The number of nitrogens with zero attached hydrogens (tertiary/aromatic N) is 2. The van der Waals surface area contributed by atoms with Gasteiger partial charge in [0.25, 0.3) is 5.91 Å². The van der Waals surface area contributed by atoms with Gasteiger partial charge in [-0.25, -0.2) is 13.8 Å². The molecular formula is C27H29F2N5O2. The molecule has 0 spiro atoms. The third-order valence-corrected chi connectivity index (χ3v) is 6.44. The second-order valence-corrected chi connectivity index (χ2v) is 8.84. The number of nitrogens with one attached hydrogen (secondary N) is 2. The minimum atomic E-state index is -0.940. The molecule has 7 nitrogen and oxygen atoms in total. The quantitative estimate of drug-likeness (QED) is 0.413. The van der Waals surface area contributed by atoms with Crippen LogP contribution in [0.2, 0.25) is 0 Å². The van der Waals surface area contributed by atoms with Crippen molar-refractivity contribution in [2.24, 2.45) is 5.73 Å². The zero-order valence-electron chi connectivity index (χ0n) is 20.1. The molecule has 1 aliphatic rings. The Labute approximate surface area is 208 Å². The number of aromatic nitrogens is 1. The summed E-state index contributed by atoms with van der Waals surface area (Å²) in [5, 5.41) is 6.27. The molecule has 0 unspecified atom stereocenters. The van der Waals surface area contributed by atoms with Crippen molar-refractivity contribution in [2.75, 3.05) is 23.7 Å². The van der Waals surface area contributed by atoms with Crippen LogP contribution in [0.25, 0.3) is 0 Å². The summed E-state index contributed by atoms with van der Waals surface area (Å²) in [7, 11) is 0. The van der Waals surface area contributed by atoms with Gasteiger partial charge in [-0.3, -0.25) is 9.59 Å². The van der Waals surface area contributed by atoms with E-state index in [1.54, 1.807) is 6.07 Å². The van der Waals surface area contributed by atoms with Crippen molar-refractivity contribution in [1.82, 2.24) is 9.88 Å². The summed E-state index contributed by atoms with van der Waals surface area (Å²) in [5.74, 6) is -1.40. The van der Waals surface area contributed by atoms with Gasteiger partial charge in [-0.15, -0.1) is 0 Å². The molecule has 0 bridgehead atoms. The molecule has 1 saturated heterocycles. The molecule has 1 aliphatic heterocycles. The van der Waals surface area contributed by atoms with E-state index in [4.69, 9.17) is 5.73 Å². The standard InChI is InChI=1S/C27H29F2N5O2/c1-2-26(35)34-11-9-19(10-12-34)18-4-6-20(7-5-18)33-25-14-24(21(16-32-25)27(30)36)31-15-17-3-8-22(28)23(29)13-17/h3-8,13-14,16,19H,2,9-12,15H2,1H3,(H2,30,36)(H2,31,32,33). The van der Waals surface area contributed by atoms with Crippen molar-refractivity contribution < 1.29 is 18.4 Å². The highest BCUT2D eigenvalue weighted by atomic mass is 19.2. The van der Waals surface area contributed by atoms with E-state index >= 15 is 0 Å². The van der Waals surface area contributed by atoms with E-state index in [1.165, 1.54) is 17.8 Å². The number of hydrogen-bond acceptors (Lipinski definition) is 5. The van der Waals surface area contributed by atoms with Crippen molar-refractivity contribution in [3.63, 3.8) is 0 Å². The Balaban J connectivity index is 1.42. The summed E-state index contributed by atoms with van der Waals surface area (Å²) in [4.78, 5) is 30.0. The van der Waals surface area contributed by atoms with Crippen LogP contribution in [0, 0.1) is 11.6 Å². The molecule has 0 atom stereocenters. The molecule has 0 aliphatic carbocycles. The highest BCUT2D eigenvalue weighted by Gasteiger charge is 2.22. The Morgan fingerprint density at radius 2 is 1.78 bits per heavy atom. The van der Waals surface area contributed by atoms with Gasteiger partial charge in [0.2, 0.25) is 5.91 Å². The van der Waals surface area contributed by atoms with Gasteiger partial charge in [-0.1, -0.05) is 25.1 Å². The zero-order chi connectivity index (χ0) is 25.7. The number of primary amides is 1. The monoisotopic (exact) mass is 493 g/mol. The van der Waals surface area contributed by atoms with Crippen molar-refractivity contribution in [3.8, 4) is 0 Å². The first-order chi connectivity index (χ1) is 17.3. The van der Waals surface area contributed by atoms with E-state index in [9.17, 15) is 18.4 Å². The van der Waals surface area contributed by atoms with E-state index < -0.39 is 17.5 Å². The van der Waals surface area contributed by atoms with Crippen LogP contribution in [-0.4, -0.2) is 34.8 Å². The van der Waals surface area contributed by atoms with Crippen LogP contribution in [0.15, 0.2) is 54.7 Å². The average molecular weight is 494 g/mol. The maximum atomic E-state index is 13.5. The van der Waals surface area contributed by atoms with Crippen LogP contribution in [-0.2, 0) is 11.3 Å². The van der Waals surface area contributed by atoms with Crippen molar-refractivity contribution in [2.45, 2.75) is 38.6 Å². The summed E-state index contributed by atoms with van der Waals surface area (Å²) < 4.78 is 26.7. The number of piperidine rings is 1. The van der Waals surface area contributed by atoms with E-state index in [-0.39, 0.29) is 18.0 Å². The van der Waals surface area contributed by atoms with Crippen molar-refractivity contribution >= 4 is 29.0 Å². The number of rotatable bonds is 8. The Bertz CT molecular complexity index is 1240. The number of amides is 2. The summed E-state index contributed by atoms with van der Waals surface area (Å²) >= 11 is 0. The largest absolute Gasteiger partial charge is 0.380 e. The number of carbonyl (C=O) groups is 2. The third kappa shape index (κ3) is 5.97. The molecule has 2 amide bonds. The number of hydrogen-bond donors (Lipinski definition) is 3. The summed E-state index contributed by atoms with van der Waals surface area (Å²) in [6.45, 7) is 3.63. The van der Waals surface area contributed by atoms with E-state index in [2.05, 4.69) is 27.8 Å². The smallest absolute Gasteiger partial charge is 0.252 e. The minimum Gasteiger partial charge on any atom is -0.380 e. The minimum absolute atomic E-state index is 0.165. The van der Waals surface area contributed by atoms with Crippen molar-refractivity contribution in [3.05, 3.63) is 83.1 Å². The van der Waals surface area contributed by atoms with Gasteiger partial charge in [0.15, 0.2) is 11.6 Å². The molecule has 1 aromatic heterocycles. The van der Waals surface area contributed by atoms with Gasteiger partial charge in [0, 0.05) is 44.0 Å². The highest BCUT2D eigenvalue weighted by molar-refractivity contribution is 5.98. The van der Waals surface area contributed by atoms with Gasteiger partial charge in [-0.05, 0) is 54.2 Å². The lowest BCUT2D eigenvalue weighted by atomic mass is 9.89. The second-order valence-electron chi connectivity index (χ2n) is 8.84. The molecule has 4 rings (SSSR count). The predicted molar refractivity (Wildman–Crippen MR) is 135 cm³/mol. The van der Waals surface area contributed by atoms with E-state index in [0.717, 1.165) is 43.8 Å². The van der Waals surface area contributed by atoms with Gasteiger partial charge in [-0.2, -0.15) is 0 Å². The SMILES string of the molecule is CCC(=O)N1CCC(c2ccc(Nc3cc(NCc4ccc(F)c(F)c4)c(C(N)=O)cn3)cc2)CC1. The Morgan fingerprint density at radius 1 is 1.06 bits per heavy atom. The summed E-state index contributed by atoms with van der Waals surface area (Å²) in [5.41, 5.74) is 8.66. The molecule has 36 heavy (non-hydrogen) atoms. The summed E-state index contributed by atoms with van der Waals surface area (Å²) in [6.07, 6.45) is 3.81. The van der Waals surface area contributed by atoms with Crippen LogP contribution >= 0.6 is 0 Å². The van der Waals surface area contributed by atoms with Crippen LogP contribution < -0.4 is 16.4 Å². The molecule has 0 saturated carbocycles. The van der Waals surface area contributed by atoms with Crippen LogP contribution in [0.1, 0.15) is 53.6 Å². The molecule has 1 fully saturated rings. The van der Waals surface area contributed by atoms with Crippen LogP contribution in [0.3, 0.4) is 0 Å². The maximum Gasteiger partial charge on any atom is 0.252 e. The zero-order valence-corrected chi connectivity index (χ0v) is 20.1. The molecule has 3 aromatic rings. The molecular weight excluding hydrogens is 464 g/mol. The first-order valence-corrected chi connectivity index (χ1v) is 12.0. The van der Waals surface area contributed by atoms with Gasteiger partial charge in [0.05, 0.1) is 11.3 Å². The number of anilines is 3. The fourth-order valence-electron chi connectivity index (χ4n) is 4.39. The molecule has 2 heterocycles. The van der Waals surface area contributed by atoms with Crippen molar-refractivity contribution in [1.29, 1.82) is 0 Å². The lowest BCUT2D eigenvalue weighted by Crippen LogP contribution is -2.37. The topological polar surface area (TPSA) is 100 Å². The number of nitrogens with two attached hydrogens (primary N) is 1. The van der Waals surface area contributed by atoms with Gasteiger partial charge >= 0.3 is 0 Å². The number of pyridine rings is 1. The highest BCUT2D eigenvalue weighted by Crippen LogP contribution is 2.30. The Morgan fingerprint density at radius 3 is 2.42 bits per heavy atom. The molecule has 4 N–H and O–H groups in total. The number of benzene rings is 2. The fraction of sp³-hybridized carbons (Fsp3) is 0.296. The Hall–Kier alpha value is -4.01. The lowest BCUT2D eigenvalue weighted by Gasteiger charge is -2.32. The molecule has 2 aromatic carbocycles. The predicted octanol–water partition coefficient (Wildman–Crippen LogP) is 4.93. The molecule has 0 radical (unpaired) electrons. The third-order valence-electron chi connectivity index (χ3n) is 6.44. The maximum absolute atomic E-state index is 13.5. The van der Waals surface area contributed by atoms with Gasteiger partial charge in [0.1, 0.15) is 5.82 Å².